The lowest BCUT2D eigenvalue weighted by Crippen LogP contribution is -2.51. The number of hydrogen-bond donors (Lipinski definition) is 2. The summed E-state index contributed by atoms with van der Waals surface area (Å²) >= 11 is 1.27. The summed E-state index contributed by atoms with van der Waals surface area (Å²) in [6, 6.07) is 5.89. The Bertz CT molecular complexity index is 2260. The number of methoxy groups -OCH3 is 1. The maximum atomic E-state index is 14.4. The molecule has 3 aromatic rings. The number of aryl methyl sites for hydroxylation is 2. The highest BCUT2D eigenvalue weighted by Gasteiger charge is 2.45. The van der Waals surface area contributed by atoms with Gasteiger partial charge in [-0.3, -0.25) is 23.9 Å². The van der Waals surface area contributed by atoms with E-state index >= 15 is 0 Å². The highest BCUT2D eigenvalue weighted by Crippen LogP contribution is 2.41. The molecule has 6 rings (SSSR count). The number of alkyl halides is 3. The summed E-state index contributed by atoms with van der Waals surface area (Å²) in [5, 5.41) is 2.84. The number of fused-ring (bicyclic) bond motifs is 1. The van der Waals surface area contributed by atoms with Crippen LogP contribution in [0.2, 0.25) is 0 Å². The molecule has 2 N–H and O–H groups in total. The van der Waals surface area contributed by atoms with Crippen LogP contribution in [-0.2, 0) is 24.4 Å². The molecule has 3 fully saturated rings. The second kappa shape index (κ2) is 18.7. The summed E-state index contributed by atoms with van der Waals surface area (Å²) in [5.41, 5.74) is 0.804. The standard InChI is InChI=1S/C41H48F3N5O9S2/c1-23-12-17-34(59-23)39(52)46-30(11-9-7-5-6-8-10-25-18-29(25)37(50)48-60(54,55)27-13-14-27)40(53)49-21-26(19-31(49)38(51)45-3)58-33-20-35(57-22-41(42,43)44)47-36-24(2)32(56-4)16-15-28(33)36/h8,10,12,15-17,20,25-27,29-31H,3,5-7,9,11,13-14,18-19,21-22H2,1-2,4H3,(H,46,52)(H,48,50). The number of halogens is 3. The predicted molar refractivity (Wildman–Crippen MR) is 218 cm³/mol. The number of aliphatic imine (C=N–C) groups is 1. The second-order valence-electron chi connectivity index (χ2n) is 15.3. The van der Waals surface area contributed by atoms with E-state index in [0.29, 0.717) is 60.1 Å². The number of unbranched alkanes of at least 4 members (excludes halogenated alkanes) is 3. The Kier molecular flexibility index (Phi) is 13.9. The lowest BCUT2D eigenvalue weighted by Gasteiger charge is -2.27. The van der Waals surface area contributed by atoms with Crippen molar-refractivity contribution in [2.24, 2.45) is 16.8 Å². The topological polar surface area (TPSA) is 183 Å². The van der Waals surface area contributed by atoms with Crippen LogP contribution in [0.15, 0.2) is 47.5 Å². The third kappa shape index (κ3) is 11.2. The van der Waals surface area contributed by atoms with Crippen LogP contribution in [0.5, 0.6) is 17.4 Å². The van der Waals surface area contributed by atoms with E-state index in [1.54, 1.807) is 31.2 Å². The van der Waals surface area contributed by atoms with Crippen molar-refractivity contribution in [2.45, 2.75) is 101 Å². The monoisotopic (exact) mass is 875 g/mol. The number of rotatable bonds is 19. The third-order valence-corrected chi connectivity index (χ3v) is 13.5. The predicted octanol–water partition coefficient (Wildman–Crippen LogP) is 5.99. The van der Waals surface area contributed by atoms with E-state index in [-0.39, 0.29) is 48.4 Å². The molecule has 3 aliphatic rings. The number of pyridine rings is 1. The van der Waals surface area contributed by atoms with Crippen molar-refractivity contribution in [1.82, 2.24) is 19.9 Å². The van der Waals surface area contributed by atoms with Gasteiger partial charge in [0.15, 0.2) is 6.61 Å². The highest BCUT2D eigenvalue weighted by atomic mass is 32.2. The van der Waals surface area contributed by atoms with Gasteiger partial charge < -0.3 is 24.4 Å². The molecule has 2 aromatic heterocycles. The number of nitrogens with one attached hydrogen (secondary N) is 2. The van der Waals surface area contributed by atoms with Crippen molar-refractivity contribution < 1.29 is 55.0 Å². The van der Waals surface area contributed by atoms with Gasteiger partial charge in [0.05, 0.1) is 29.3 Å². The minimum absolute atomic E-state index is 0.0128. The van der Waals surface area contributed by atoms with E-state index in [0.717, 1.165) is 11.3 Å². The molecule has 1 saturated heterocycles. The molecule has 5 unspecified atom stereocenters. The van der Waals surface area contributed by atoms with Crippen molar-refractivity contribution in [3.8, 4) is 17.4 Å². The van der Waals surface area contributed by atoms with E-state index in [1.165, 1.54) is 29.4 Å². The first-order valence-electron chi connectivity index (χ1n) is 19.7. The Morgan fingerprint density at radius 3 is 2.52 bits per heavy atom. The summed E-state index contributed by atoms with van der Waals surface area (Å²) in [7, 11) is -2.13. The van der Waals surface area contributed by atoms with Crippen molar-refractivity contribution in [3.63, 3.8) is 0 Å². The maximum absolute atomic E-state index is 14.4. The third-order valence-electron chi connectivity index (χ3n) is 10.7. The molecule has 2 aliphatic carbocycles. The largest absolute Gasteiger partial charge is 0.496 e. The molecular formula is C41H48F3N5O9S2. The van der Waals surface area contributed by atoms with Crippen molar-refractivity contribution in [3.05, 3.63) is 57.8 Å². The molecule has 0 bridgehead atoms. The van der Waals surface area contributed by atoms with Crippen LogP contribution in [0.25, 0.3) is 10.9 Å². The molecule has 1 aliphatic heterocycles. The number of carbonyl (C=O) groups is 4. The Morgan fingerprint density at radius 2 is 1.85 bits per heavy atom. The van der Waals surface area contributed by atoms with Gasteiger partial charge in [-0.1, -0.05) is 25.0 Å². The molecule has 14 nitrogen and oxygen atoms in total. The first-order chi connectivity index (χ1) is 28.5. The SMILES string of the molecule is C=NC(=O)C1CC(Oc2cc(OCC(F)(F)F)nc3c(C)c(OC)ccc23)CN1C(=O)C(CCCCCC=CC1CC1C(=O)NS(=O)(=O)C1CC1)NC(=O)c1ccc(C)s1. The molecule has 19 heteroatoms. The van der Waals surface area contributed by atoms with E-state index in [9.17, 15) is 40.8 Å². The van der Waals surface area contributed by atoms with Crippen LogP contribution in [-0.4, -0.2) is 98.5 Å². The van der Waals surface area contributed by atoms with Crippen LogP contribution in [0, 0.1) is 25.7 Å². The van der Waals surface area contributed by atoms with Gasteiger partial charge in [0.2, 0.25) is 27.7 Å². The van der Waals surface area contributed by atoms with Gasteiger partial charge in [-0.25, -0.2) is 18.4 Å². The second-order valence-corrected chi connectivity index (χ2v) is 18.6. The number of likely N-dealkylation sites (tertiary alicyclic amines) is 1. The summed E-state index contributed by atoms with van der Waals surface area (Å²) in [5.74, 6) is -2.27. The average molecular weight is 876 g/mol. The summed E-state index contributed by atoms with van der Waals surface area (Å²) < 4.78 is 82.5. The van der Waals surface area contributed by atoms with Crippen molar-refractivity contribution >= 4 is 62.6 Å². The minimum Gasteiger partial charge on any atom is -0.496 e. The molecular weight excluding hydrogens is 828 g/mol. The van der Waals surface area contributed by atoms with Gasteiger partial charge in [-0.15, -0.1) is 11.3 Å². The van der Waals surface area contributed by atoms with Crippen LogP contribution < -0.4 is 24.2 Å². The van der Waals surface area contributed by atoms with E-state index in [1.807, 2.05) is 19.1 Å². The van der Waals surface area contributed by atoms with Crippen LogP contribution >= 0.6 is 11.3 Å². The molecule has 0 radical (unpaired) electrons. The van der Waals surface area contributed by atoms with Gasteiger partial charge >= 0.3 is 6.18 Å². The number of nitrogens with zero attached hydrogens (tertiary/aromatic N) is 3. The number of aromatic nitrogens is 1. The van der Waals surface area contributed by atoms with E-state index in [4.69, 9.17) is 14.2 Å². The van der Waals surface area contributed by atoms with Gasteiger partial charge in [0.1, 0.15) is 29.7 Å². The lowest BCUT2D eigenvalue weighted by atomic mass is 10.0. The fraction of sp³-hybridized carbons (Fsp3) is 0.512. The minimum atomic E-state index is -4.63. The van der Waals surface area contributed by atoms with Crippen LogP contribution in [0.3, 0.4) is 0 Å². The highest BCUT2D eigenvalue weighted by molar-refractivity contribution is 7.90. The summed E-state index contributed by atoms with van der Waals surface area (Å²) in [6.07, 6.45) is 3.10. The zero-order valence-corrected chi connectivity index (χ0v) is 35.1. The first-order valence-corrected chi connectivity index (χ1v) is 22.1. The number of allylic oxidation sites excluding steroid dienone is 2. The fourth-order valence-corrected chi connectivity index (χ4v) is 9.38. The summed E-state index contributed by atoms with van der Waals surface area (Å²) in [6.45, 7) is 5.22. The molecule has 5 atom stereocenters. The zero-order chi connectivity index (χ0) is 43.4. The Balaban J connectivity index is 1.12. The molecule has 1 aromatic carbocycles. The van der Waals surface area contributed by atoms with Crippen LogP contribution in [0.4, 0.5) is 13.2 Å². The number of carbonyl (C=O) groups excluding carboxylic acids is 4. The number of hydrogen-bond acceptors (Lipinski definition) is 11. The molecule has 60 heavy (non-hydrogen) atoms. The number of sulfonamides is 1. The van der Waals surface area contributed by atoms with Crippen molar-refractivity contribution in [1.29, 1.82) is 0 Å². The normalized spacial score (nSPS) is 20.8. The molecule has 3 heterocycles. The Hall–Kier alpha value is -5.04. The summed E-state index contributed by atoms with van der Waals surface area (Å²) in [4.78, 5) is 63.8. The number of ether oxygens (including phenoxy) is 3. The van der Waals surface area contributed by atoms with Crippen molar-refractivity contribution in [2.75, 3.05) is 20.3 Å². The Morgan fingerprint density at radius 1 is 1.08 bits per heavy atom. The number of benzene rings is 1. The lowest BCUT2D eigenvalue weighted by molar-refractivity contribution is -0.154. The maximum Gasteiger partial charge on any atom is 0.422 e. The smallest absolute Gasteiger partial charge is 0.422 e. The molecule has 2 saturated carbocycles. The fourth-order valence-electron chi connectivity index (χ4n) is 7.26. The number of amides is 4. The van der Waals surface area contributed by atoms with E-state index in [2.05, 4.69) is 26.7 Å². The number of thiophene rings is 1. The van der Waals surface area contributed by atoms with Gasteiger partial charge in [0, 0.05) is 34.2 Å². The molecule has 324 valence electrons. The van der Waals surface area contributed by atoms with Crippen LogP contribution in [0.1, 0.15) is 77.9 Å². The quantitative estimate of drug-likeness (QED) is 0.0825. The molecule has 4 amide bonds. The van der Waals surface area contributed by atoms with E-state index < -0.39 is 69.9 Å². The Labute approximate surface area is 350 Å². The average Bonchev–Trinajstić information content (AvgIpc) is 4.12. The van der Waals surface area contributed by atoms with Gasteiger partial charge in [-0.2, -0.15) is 13.2 Å². The molecule has 0 spiro atoms. The zero-order valence-electron chi connectivity index (χ0n) is 33.5. The van der Waals surface area contributed by atoms with Gasteiger partial charge in [-0.05, 0) is 89.3 Å². The first kappa shape index (κ1) is 44.5. The van der Waals surface area contributed by atoms with Gasteiger partial charge in [0.25, 0.3) is 11.8 Å².